The number of benzene rings is 2. The van der Waals surface area contributed by atoms with Crippen LogP contribution >= 0.6 is 23.4 Å². The van der Waals surface area contributed by atoms with Crippen LogP contribution in [0.15, 0.2) is 59.5 Å². The van der Waals surface area contributed by atoms with Gasteiger partial charge in [0.2, 0.25) is 5.91 Å². The minimum Gasteiger partial charge on any atom is -0.353 e. The van der Waals surface area contributed by atoms with E-state index in [0.717, 1.165) is 16.7 Å². The number of carbonyl (C=O) groups excluding carboxylic acids is 4. The molecule has 0 bridgehead atoms. The van der Waals surface area contributed by atoms with Crippen molar-refractivity contribution in [2.24, 2.45) is 0 Å². The molecular weight excluding hydrogens is 426 g/mol. The van der Waals surface area contributed by atoms with Crippen LogP contribution in [0.5, 0.6) is 0 Å². The van der Waals surface area contributed by atoms with E-state index in [4.69, 9.17) is 11.6 Å². The summed E-state index contributed by atoms with van der Waals surface area (Å²) in [5.74, 6) is -1.21. The fourth-order valence-corrected chi connectivity index (χ4v) is 3.69. The third kappa shape index (κ3) is 5.49. The molecule has 154 valence electrons. The first-order valence-corrected chi connectivity index (χ1v) is 10.2. The van der Waals surface area contributed by atoms with Gasteiger partial charge in [0, 0.05) is 23.7 Å². The molecule has 2 aromatic carbocycles. The number of imide groups is 1. The van der Waals surface area contributed by atoms with E-state index in [1.165, 1.54) is 0 Å². The van der Waals surface area contributed by atoms with Crippen LogP contribution in [0, 0.1) is 0 Å². The highest BCUT2D eigenvalue weighted by atomic mass is 35.5. The van der Waals surface area contributed by atoms with Gasteiger partial charge in [0.05, 0.1) is 11.4 Å². The number of halogens is 1. The van der Waals surface area contributed by atoms with E-state index in [9.17, 15) is 19.2 Å². The summed E-state index contributed by atoms with van der Waals surface area (Å²) in [7, 11) is 0. The number of rotatable bonds is 7. The van der Waals surface area contributed by atoms with Crippen LogP contribution < -0.4 is 10.6 Å². The van der Waals surface area contributed by atoms with Gasteiger partial charge in [0.15, 0.2) is 0 Å². The minimum atomic E-state index is -0.434. The molecule has 1 aliphatic heterocycles. The summed E-state index contributed by atoms with van der Waals surface area (Å²) in [5.41, 5.74) is 1.10. The van der Waals surface area contributed by atoms with Crippen LogP contribution in [0.3, 0.4) is 0 Å². The molecule has 0 saturated carbocycles. The van der Waals surface area contributed by atoms with Crippen LogP contribution in [0.4, 0.5) is 4.79 Å². The van der Waals surface area contributed by atoms with Crippen LogP contribution in [0.1, 0.15) is 15.9 Å². The average Bonchev–Trinajstić information content (AvgIpc) is 3.01. The van der Waals surface area contributed by atoms with Crippen molar-refractivity contribution in [3.8, 4) is 0 Å². The van der Waals surface area contributed by atoms with Crippen molar-refractivity contribution >= 4 is 52.4 Å². The van der Waals surface area contributed by atoms with Gasteiger partial charge in [0.1, 0.15) is 0 Å². The average molecular weight is 444 g/mol. The van der Waals surface area contributed by atoms with Gasteiger partial charge in [0.25, 0.3) is 17.1 Å². The highest BCUT2D eigenvalue weighted by Gasteiger charge is 2.34. The second-order valence-electron chi connectivity index (χ2n) is 6.25. The van der Waals surface area contributed by atoms with Gasteiger partial charge in [-0.2, -0.15) is 0 Å². The molecule has 9 heteroatoms. The van der Waals surface area contributed by atoms with Crippen LogP contribution in [0.25, 0.3) is 6.08 Å². The predicted molar refractivity (Wildman–Crippen MR) is 116 cm³/mol. The Hall–Kier alpha value is -3.10. The Morgan fingerprint density at radius 3 is 2.43 bits per heavy atom. The van der Waals surface area contributed by atoms with Crippen molar-refractivity contribution in [1.29, 1.82) is 0 Å². The topological polar surface area (TPSA) is 95.6 Å². The highest BCUT2D eigenvalue weighted by Crippen LogP contribution is 2.33. The number of hydrogen-bond donors (Lipinski definition) is 2. The van der Waals surface area contributed by atoms with Crippen molar-refractivity contribution in [2.75, 3.05) is 19.6 Å². The molecule has 2 N–H and O–H groups in total. The van der Waals surface area contributed by atoms with E-state index in [-0.39, 0.29) is 30.4 Å². The zero-order valence-electron chi connectivity index (χ0n) is 15.8. The summed E-state index contributed by atoms with van der Waals surface area (Å²) in [5, 5.41) is 5.16. The number of carbonyl (C=O) groups is 4. The zero-order chi connectivity index (χ0) is 21.5. The van der Waals surface area contributed by atoms with E-state index in [1.54, 1.807) is 60.7 Å². The molecule has 0 aliphatic carbocycles. The second-order valence-corrected chi connectivity index (χ2v) is 7.65. The van der Waals surface area contributed by atoms with Gasteiger partial charge >= 0.3 is 0 Å². The summed E-state index contributed by atoms with van der Waals surface area (Å²) in [4.78, 5) is 49.8. The number of thioether (sulfide) groups is 1. The summed E-state index contributed by atoms with van der Waals surface area (Å²) >= 11 is 6.92. The first-order chi connectivity index (χ1) is 14.5. The smallest absolute Gasteiger partial charge is 0.293 e. The molecule has 0 atom stereocenters. The number of hydrogen-bond acceptors (Lipinski definition) is 5. The molecule has 1 aliphatic rings. The molecule has 0 spiro atoms. The summed E-state index contributed by atoms with van der Waals surface area (Å²) in [6, 6.07) is 15.5. The third-order valence-corrected chi connectivity index (χ3v) is 5.42. The number of nitrogens with zero attached hydrogens (tertiary/aromatic N) is 1. The Balaban J connectivity index is 1.47. The lowest BCUT2D eigenvalue weighted by Crippen LogP contribution is -2.41. The highest BCUT2D eigenvalue weighted by molar-refractivity contribution is 8.18. The van der Waals surface area contributed by atoms with Gasteiger partial charge in [-0.25, -0.2) is 0 Å². The van der Waals surface area contributed by atoms with E-state index in [1.807, 2.05) is 0 Å². The maximum absolute atomic E-state index is 12.5. The Kier molecular flexibility index (Phi) is 7.26. The van der Waals surface area contributed by atoms with Gasteiger partial charge in [-0.3, -0.25) is 24.1 Å². The van der Waals surface area contributed by atoms with Gasteiger partial charge in [-0.05, 0) is 41.6 Å². The molecule has 7 nitrogen and oxygen atoms in total. The third-order valence-electron chi connectivity index (χ3n) is 4.17. The molecule has 1 heterocycles. The molecular formula is C21H18ClN3O4S. The SMILES string of the molecule is O=C(CNC(=O)c1ccccc1)NCCN1C(=O)SC(=Cc2ccccc2Cl)C1=O. The molecule has 0 radical (unpaired) electrons. The molecule has 4 amide bonds. The second kappa shape index (κ2) is 10.1. The van der Waals surface area contributed by atoms with E-state index in [2.05, 4.69) is 10.6 Å². The van der Waals surface area contributed by atoms with Crippen LogP contribution in [-0.2, 0) is 9.59 Å². The normalized spacial score (nSPS) is 14.8. The van der Waals surface area contributed by atoms with Gasteiger partial charge in [-0.1, -0.05) is 48.0 Å². The Bertz CT molecular complexity index is 1010. The lowest BCUT2D eigenvalue weighted by molar-refractivity contribution is -0.124. The van der Waals surface area contributed by atoms with Crippen molar-refractivity contribution in [3.05, 3.63) is 75.7 Å². The van der Waals surface area contributed by atoms with Crippen molar-refractivity contribution in [2.45, 2.75) is 0 Å². The predicted octanol–water partition coefficient (Wildman–Crippen LogP) is 2.92. The lowest BCUT2D eigenvalue weighted by atomic mass is 10.2. The van der Waals surface area contributed by atoms with Gasteiger partial charge in [-0.15, -0.1) is 0 Å². The molecule has 1 saturated heterocycles. The first-order valence-electron chi connectivity index (χ1n) is 9.05. The van der Waals surface area contributed by atoms with Crippen molar-refractivity contribution in [1.82, 2.24) is 15.5 Å². The van der Waals surface area contributed by atoms with Crippen LogP contribution in [-0.4, -0.2) is 47.5 Å². The largest absolute Gasteiger partial charge is 0.353 e. The zero-order valence-corrected chi connectivity index (χ0v) is 17.3. The fourth-order valence-electron chi connectivity index (χ4n) is 2.65. The minimum absolute atomic E-state index is 0.0307. The van der Waals surface area contributed by atoms with Crippen molar-refractivity contribution < 1.29 is 19.2 Å². The lowest BCUT2D eigenvalue weighted by Gasteiger charge is -2.13. The molecule has 0 unspecified atom stereocenters. The molecule has 1 fully saturated rings. The number of amides is 4. The Morgan fingerprint density at radius 1 is 1.00 bits per heavy atom. The van der Waals surface area contributed by atoms with Gasteiger partial charge < -0.3 is 10.6 Å². The Labute approximate surface area is 182 Å². The standard InChI is InChI=1S/C21H18ClN3O4S/c22-16-9-5-4-8-15(16)12-17-20(28)25(21(29)30-17)11-10-23-18(26)13-24-19(27)14-6-2-1-3-7-14/h1-9,12H,10-11,13H2,(H,23,26)(H,24,27). The molecule has 0 aromatic heterocycles. The maximum Gasteiger partial charge on any atom is 0.293 e. The Morgan fingerprint density at radius 2 is 1.70 bits per heavy atom. The van der Waals surface area contributed by atoms with Crippen molar-refractivity contribution in [3.63, 3.8) is 0 Å². The van der Waals surface area contributed by atoms with E-state index >= 15 is 0 Å². The van der Waals surface area contributed by atoms with Crippen LogP contribution in [0.2, 0.25) is 5.02 Å². The first kappa shape index (κ1) is 21.6. The summed E-state index contributed by atoms with van der Waals surface area (Å²) in [6.45, 7) is -0.0949. The molecule has 2 aromatic rings. The number of nitrogens with one attached hydrogen (secondary N) is 2. The fraction of sp³-hybridized carbons (Fsp3) is 0.143. The van der Waals surface area contributed by atoms with E-state index < -0.39 is 17.1 Å². The molecule has 30 heavy (non-hydrogen) atoms. The summed E-state index contributed by atoms with van der Waals surface area (Å²) in [6.07, 6.45) is 1.57. The summed E-state index contributed by atoms with van der Waals surface area (Å²) < 4.78 is 0. The van der Waals surface area contributed by atoms with E-state index in [0.29, 0.717) is 16.1 Å². The molecule has 3 rings (SSSR count). The quantitative estimate of drug-likeness (QED) is 0.641. The monoisotopic (exact) mass is 443 g/mol. The maximum atomic E-state index is 12.5.